The summed E-state index contributed by atoms with van der Waals surface area (Å²) in [5.41, 5.74) is 1.84. The molecule has 1 unspecified atom stereocenters. The standard InChI is InChI=1S/C18H27ClN2O2/c1-11-16(18(22)23)9-14(19)10-17(11)20-12(2)13-5-7-15(8-6-13)21(3)4/h9-10,12-13,15,20H,5-8H2,1-4H3,(H,22,23). The Bertz CT molecular complexity index is 566. The fourth-order valence-electron chi connectivity index (χ4n) is 3.53. The summed E-state index contributed by atoms with van der Waals surface area (Å²) in [6.45, 7) is 4.01. The summed E-state index contributed by atoms with van der Waals surface area (Å²) in [6.07, 6.45) is 4.84. The fraction of sp³-hybridized carbons (Fsp3) is 0.611. The molecule has 2 rings (SSSR count). The molecule has 0 aliphatic heterocycles. The first-order chi connectivity index (χ1) is 10.8. The highest BCUT2D eigenvalue weighted by molar-refractivity contribution is 6.31. The first-order valence-corrected chi connectivity index (χ1v) is 8.63. The second-order valence-corrected chi connectivity index (χ2v) is 7.33. The van der Waals surface area contributed by atoms with E-state index in [1.165, 1.54) is 31.7 Å². The zero-order valence-corrected chi connectivity index (χ0v) is 15.2. The largest absolute Gasteiger partial charge is 0.478 e. The first-order valence-electron chi connectivity index (χ1n) is 8.26. The minimum Gasteiger partial charge on any atom is -0.478 e. The number of carbonyl (C=O) groups is 1. The molecule has 1 aliphatic carbocycles. The zero-order chi connectivity index (χ0) is 17.1. The van der Waals surface area contributed by atoms with Gasteiger partial charge in [-0.25, -0.2) is 4.79 Å². The minimum atomic E-state index is -0.938. The van der Waals surface area contributed by atoms with E-state index in [1.54, 1.807) is 0 Å². The van der Waals surface area contributed by atoms with Crippen LogP contribution in [0, 0.1) is 12.8 Å². The number of nitrogens with zero attached hydrogens (tertiary/aromatic N) is 1. The van der Waals surface area contributed by atoms with Crippen LogP contribution in [0.5, 0.6) is 0 Å². The van der Waals surface area contributed by atoms with Crippen LogP contribution in [-0.4, -0.2) is 42.2 Å². The Balaban J connectivity index is 2.06. The molecule has 23 heavy (non-hydrogen) atoms. The first kappa shape index (κ1) is 18.1. The Kier molecular flexibility index (Phi) is 5.93. The van der Waals surface area contributed by atoms with Gasteiger partial charge in [0, 0.05) is 22.8 Å². The Morgan fingerprint density at radius 3 is 2.43 bits per heavy atom. The normalized spacial score (nSPS) is 22.9. The fourth-order valence-corrected chi connectivity index (χ4v) is 3.75. The van der Waals surface area contributed by atoms with E-state index in [9.17, 15) is 9.90 Å². The quantitative estimate of drug-likeness (QED) is 0.842. The third kappa shape index (κ3) is 4.39. The summed E-state index contributed by atoms with van der Waals surface area (Å²) in [6, 6.07) is 4.32. The molecule has 5 heteroatoms. The van der Waals surface area contributed by atoms with Gasteiger partial charge >= 0.3 is 5.97 Å². The van der Waals surface area contributed by atoms with E-state index >= 15 is 0 Å². The van der Waals surface area contributed by atoms with Gasteiger partial charge in [-0.3, -0.25) is 0 Å². The zero-order valence-electron chi connectivity index (χ0n) is 14.4. The van der Waals surface area contributed by atoms with Crippen LogP contribution in [-0.2, 0) is 0 Å². The molecule has 1 aromatic carbocycles. The van der Waals surface area contributed by atoms with E-state index in [1.807, 2.05) is 13.0 Å². The van der Waals surface area contributed by atoms with E-state index < -0.39 is 5.97 Å². The lowest BCUT2D eigenvalue weighted by molar-refractivity contribution is 0.0696. The van der Waals surface area contributed by atoms with Gasteiger partial charge in [0.15, 0.2) is 0 Å². The number of aromatic carboxylic acids is 1. The number of hydrogen-bond acceptors (Lipinski definition) is 3. The van der Waals surface area contributed by atoms with Gasteiger partial charge in [-0.2, -0.15) is 0 Å². The lowest BCUT2D eigenvalue weighted by Gasteiger charge is -2.36. The smallest absolute Gasteiger partial charge is 0.336 e. The molecule has 1 aromatic rings. The van der Waals surface area contributed by atoms with Crippen LogP contribution in [0.2, 0.25) is 5.02 Å². The highest BCUT2D eigenvalue weighted by Gasteiger charge is 2.26. The van der Waals surface area contributed by atoms with Crippen molar-refractivity contribution in [3.63, 3.8) is 0 Å². The van der Waals surface area contributed by atoms with Crippen molar-refractivity contribution in [2.75, 3.05) is 19.4 Å². The van der Waals surface area contributed by atoms with Crippen LogP contribution in [0.1, 0.15) is 48.5 Å². The molecule has 0 spiro atoms. The second kappa shape index (κ2) is 7.54. The lowest BCUT2D eigenvalue weighted by atomic mass is 9.81. The Morgan fingerprint density at radius 1 is 1.30 bits per heavy atom. The molecule has 1 saturated carbocycles. The highest BCUT2D eigenvalue weighted by Crippen LogP contribution is 2.32. The number of carboxylic acid groups (broad SMARTS) is 1. The van der Waals surface area contributed by atoms with E-state index in [2.05, 4.69) is 31.2 Å². The maximum absolute atomic E-state index is 11.3. The van der Waals surface area contributed by atoms with E-state index in [4.69, 9.17) is 11.6 Å². The molecule has 1 atom stereocenters. The summed E-state index contributed by atoms with van der Waals surface area (Å²) < 4.78 is 0. The monoisotopic (exact) mass is 338 g/mol. The molecule has 0 amide bonds. The summed E-state index contributed by atoms with van der Waals surface area (Å²) in [7, 11) is 4.30. The van der Waals surface area contributed by atoms with Gasteiger partial charge < -0.3 is 15.3 Å². The topological polar surface area (TPSA) is 52.6 Å². The third-order valence-electron chi connectivity index (χ3n) is 5.16. The van der Waals surface area contributed by atoms with Gasteiger partial charge in [-0.05, 0) is 77.2 Å². The van der Waals surface area contributed by atoms with Crippen LogP contribution in [0.3, 0.4) is 0 Å². The Hall–Kier alpha value is -1.26. The van der Waals surface area contributed by atoms with Crippen molar-refractivity contribution < 1.29 is 9.90 Å². The van der Waals surface area contributed by atoms with Crippen molar-refractivity contribution in [1.82, 2.24) is 4.90 Å². The molecule has 0 saturated heterocycles. The van der Waals surface area contributed by atoms with Crippen molar-refractivity contribution in [1.29, 1.82) is 0 Å². The summed E-state index contributed by atoms with van der Waals surface area (Å²) in [4.78, 5) is 13.6. The molecule has 0 radical (unpaired) electrons. The van der Waals surface area contributed by atoms with E-state index in [-0.39, 0.29) is 5.56 Å². The molecule has 128 valence electrons. The maximum atomic E-state index is 11.3. The number of nitrogens with one attached hydrogen (secondary N) is 1. The average molecular weight is 339 g/mol. The van der Waals surface area contributed by atoms with Crippen LogP contribution >= 0.6 is 11.6 Å². The SMILES string of the molecule is Cc1c(NC(C)C2CCC(N(C)C)CC2)cc(Cl)cc1C(=O)O. The number of anilines is 1. The summed E-state index contributed by atoms with van der Waals surface area (Å²) in [5.74, 6) is -0.329. The van der Waals surface area contributed by atoms with E-state index in [0.29, 0.717) is 23.0 Å². The van der Waals surface area contributed by atoms with Gasteiger partial charge in [0.2, 0.25) is 0 Å². The number of halogens is 1. The second-order valence-electron chi connectivity index (χ2n) is 6.90. The molecule has 1 fully saturated rings. The predicted molar refractivity (Wildman–Crippen MR) is 95.7 cm³/mol. The molecular weight excluding hydrogens is 312 g/mol. The van der Waals surface area contributed by atoms with Crippen LogP contribution in [0.15, 0.2) is 12.1 Å². The van der Waals surface area contributed by atoms with Gasteiger partial charge in [-0.15, -0.1) is 0 Å². The molecule has 0 bridgehead atoms. The highest BCUT2D eigenvalue weighted by atomic mass is 35.5. The number of carboxylic acids is 1. The van der Waals surface area contributed by atoms with Crippen LogP contribution in [0.4, 0.5) is 5.69 Å². The third-order valence-corrected chi connectivity index (χ3v) is 5.38. The van der Waals surface area contributed by atoms with Crippen molar-refractivity contribution in [2.24, 2.45) is 5.92 Å². The van der Waals surface area contributed by atoms with Crippen molar-refractivity contribution in [3.8, 4) is 0 Å². The summed E-state index contributed by atoms with van der Waals surface area (Å²) >= 11 is 6.08. The summed E-state index contributed by atoms with van der Waals surface area (Å²) in [5, 5.41) is 13.2. The molecule has 0 heterocycles. The van der Waals surface area contributed by atoms with Crippen molar-refractivity contribution in [3.05, 3.63) is 28.3 Å². The number of benzene rings is 1. The predicted octanol–water partition coefficient (Wildman–Crippen LogP) is 4.27. The van der Waals surface area contributed by atoms with Crippen LogP contribution in [0.25, 0.3) is 0 Å². The molecule has 2 N–H and O–H groups in total. The van der Waals surface area contributed by atoms with E-state index in [0.717, 1.165) is 11.3 Å². The van der Waals surface area contributed by atoms with Crippen molar-refractivity contribution in [2.45, 2.75) is 51.6 Å². The Labute approximate surface area is 143 Å². The van der Waals surface area contributed by atoms with Gasteiger partial charge in [0.25, 0.3) is 0 Å². The average Bonchev–Trinajstić information content (AvgIpc) is 2.50. The maximum Gasteiger partial charge on any atom is 0.336 e. The van der Waals surface area contributed by atoms with Crippen LogP contribution < -0.4 is 5.32 Å². The van der Waals surface area contributed by atoms with Gasteiger partial charge in [0.1, 0.15) is 0 Å². The van der Waals surface area contributed by atoms with Gasteiger partial charge in [0.05, 0.1) is 5.56 Å². The van der Waals surface area contributed by atoms with Crippen molar-refractivity contribution >= 4 is 23.3 Å². The lowest BCUT2D eigenvalue weighted by Crippen LogP contribution is -2.36. The molecule has 4 nitrogen and oxygen atoms in total. The Morgan fingerprint density at radius 2 is 1.91 bits per heavy atom. The number of hydrogen-bond donors (Lipinski definition) is 2. The number of rotatable bonds is 5. The van der Waals surface area contributed by atoms with Gasteiger partial charge in [-0.1, -0.05) is 11.6 Å². The molecule has 0 aromatic heterocycles. The molecule has 1 aliphatic rings. The minimum absolute atomic E-state index is 0.267. The molecular formula is C18H27ClN2O2.